The molecule has 0 fully saturated rings. The van der Waals surface area contributed by atoms with E-state index in [0.29, 0.717) is 28.8 Å². The molecule has 0 aliphatic carbocycles. The van der Waals surface area contributed by atoms with Gasteiger partial charge >= 0.3 is 0 Å². The molecule has 0 bridgehead atoms. The van der Waals surface area contributed by atoms with Crippen molar-refractivity contribution in [2.24, 2.45) is 12.8 Å². The molecule has 1 atom stereocenters. The van der Waals surface area contributed by atoms with Crippen molar-refractivity contribution in [2.75, 3.05) is 0 Å². The summed E-state index contributed by atoms with van der Waals surface area (Å²) in [6.45, 7) is 2.40. The lowest BCUT2D eigenvalue weighted by Gasteiger charge is -2.16. The van der Waals surface area contributed by atoms with E-state index in [1.54, 1.807) is 10.7 Å². The average Bonchev–Trinajstić information content (AvgIpc) is 2.83. The van der Waals surface area contributed by atoms with E-state index < -0.39 is 0 Å². The van der Waals surface area contributed by atoms with Crippen molar-refractivity contribution in [1.29, 1.82) is 0 Å². The number of rotatable bonds is 6. The summed E-state index contributed by atoms with van der Waals surface area (Å²) in [6.07, 6.45) is 3.42. The highest BCUT2D eigenvalue weighted by molar-refractivity contribution is 6.35. The molecule has 114 valence electrons. The normalized spacial score (nSPS) is 12.4. The van der Waals surface area contributed by atoms with E-state index in [1.165, 1.54) is 0 Å². The molecule has 1 heterocycles. The van der Waals surface area contributed by atoms with E-state index in [4.69, 9.17) is 33.7 Å². The van der Waals surface area contributed by atoms with Gasteiger partial charge in [0.2, 0.25) is 0 Å². The van der Waals surface area contributed by atoms with Crippen LogP contribution in [0.1, 0.15) is 24.6 Å². The zero-order chi connectivity index (χ0) is 15.4. The van der Waals surface area contributed by atoms with E-state index in [1.807, 2.05) is 32.3 Å². The highest BCUT2D eigenvalue weighted by atomic mass is 35.5. The molecule has 2 N–H and O–H groups in total. The fourth-order valence-corrected chi connectivity index (χ4v) is 2.63. The minimum atomic E-state index is 0.0525. The van der Waals surface area contributed by atoms with E-state index in [2.05, 4.69) is 5.10 Å². The van der Waals surface area contributed by atoms with Crippen molar-refractivity contribution in [3.8, 4) is 5.75 Å². The average molecular weight is 328 g/mol. The molecule has 2 aromatic rings. The highest BCUT2D eigenvalue weighted by Crippen LogP contribution is 2.33. The van der Waals surface area contributed by atoms with E-state index in [9.17, 15) is 0 Å². The maximum Gasteiger partial charge on any atom is 0.141 e. The van der Waals surface area contributed by atoms with E-state index in [0.717, 1.165) is 17.7 Å². The van der Waals surface area contributed by atoms with Crippen LogP contribution in [-0.2, 0) is 20.1 Å². The van der Waals surface area contributed by atoms with Crippen LogP contribution in [0.25, 0.3) is 0 Å². The van der Waals surface area contributed by atoms with Crippen LogP contribution in [0, 0.1) is 0 Å². The van der Waals surface area contributed by atoms with Crippen LogP contribution in [0.15, 0.2) is 24.4 Å². The molecular weight excluding hydrogens is 309 g/mol. The first-order valence-corrected chi connectivity index (χ1v) is 7.60. The number of aromatic nitrogens is 2. The standard InChI is InChI=1S/C15H19Cl2N3O/c1-3-12(18)7-10-6-11(16)8-14(17)15(10)21-9-13-4-5-20(2)19-13/h4-6,8,12H,3,7,9,18H2,1-2H3. The van der Waals surface area contributed by atoms with Gasteiger partial charge in [-0.2, -0.15) is 5.10 Å². The number of nitrogens with two attached hydrogens (primary N) is 1. The fraction of sp³-hybridized carbons (Fsp3) is 0.400. The number of nitrogens with zero attached hydrogens (tertiary/aromatic N) is 2. The van der Waals surface area contributed by atoms with Crippen molar-refractivity contribution in [2.45, 2.75) is 32.4 Å². The number of hydrogen-bond donors (Lipinski definition) is 1. The highest BCUT2D eigenvalue weighted by Gasteiger charge is 2.14. The third-order valence-corrected chi connectivity index (χ3v) is 3.72. The molecule has 0 spiro atoms. The van der Waals surface area contributed by atoms with Crippen LogP contribution < -0.4 is 10.5 Å². The summed E-state index contributed by atoms with van der Waals surface area (Å²) < 4.78 is 7.58. The molecular formula is C15H19Cl2N3O. The third-order valence-electron chi connectivity index (χ3n) is 3.23. The van der Waals surface area contributed by atoms with Crippen molar-refractivity contribution in [3.63, 3.8) is 0 Å². The number of halogens is 2. The molecule has 2 rings (SSSR count). The molecule has 6 heteroatoms. The summed E-state index contributed by atoms with van der Waals surface area (Å²) in [5.41, 5.74) is 7.80. The Kier molecular flexibility index (Phi) is 5.51. The van der Waals surface area contributed by atoms with Crippen LogP contribution in [0.4, 0.5) is 0 Å². The largest absolute Gasteiger partial charge is 0.485 e. The fourth-order valence-electron chi connectivity index (χ4n) is 2.04. The van der Waals surface area contributed by atoms with E-state index >= 15 is 0 Å². The van der Waals surface area contributed by atoms with Crippen molar-refractivity contribution in [3.05, 3.63) is 45.7 Å². The van der Waals surface area contributed by atoms with Gasteiger partial charge in [0.1, 0.15) is 12.4 Å². The Morgan fingerprint density at radius 2 is 2.14 bits per heavy atom. The Labute approximate surface area is 134 Å². The number of benzene rings is 1. The minimum Gasteiger partial charge on any atom is -0.485 e. The van der Waals surface area contributed by atoms with Gasteiger partial charge < -0.3 is 10.5 Å². The van der Waals surface area contributed by atoms with Gasteiger partial charge in [0.15, 0.2) is 0 Å². The quantitative estimate of drug-likeness (QED) is 0.882. The molecule has 1 aromatic heterocycles. The lowest BCUT2D eigenvalue weighted by atomic mass is 10.0. The van der Waals surface area contributed by atoms with Crippen LogP contribution in [0.3, 0.4) is 0 Å². The van der Waals surface area contributed by atoms with Crippen LogP contribution in [0.2, 0.25) is 10.0 Å². The molecule has 0 aliphatic heterocycles. The second kappa shape index (κ2) is 7.16. The Morgan fingerprint density at radius 1 is 1.38 bits per heavy atom. The lowest BCUT2D eigenvalue weighted by molar-refractivity contribution is 0.296. The number of hydrogen-bond acceptors (Lipinski definition) is 3. The first kappa shape index (κ1) is 16.1. The summed E-state index contributed by atoms with van der Waals surface area (Å²) in [6, 6.07) is 5.49. The van der Waals surface area contributed by atoms with Crippen LogP contribution in [-0.4, -0.2) is 15.8 Å². The van der Waals surface area contributed by atoms with Gasteiger partial charge in [-0.3, -0.25) is 4.68 Å². The lowest BCUT2D eigenvalue weighted by Crippen LogP contribution is -2.21. The Bertz CT molecular complexity index is 613. The molecule has 21 heavy (non-hydrogen) atoms. The number of ether oxygens (including phenoxy) is 1. The number of aryl methyl sites for hydroxylation is 1. The van der Waals surface area contributed by atoms with Crippen LogP contribution in [0.5, 0.6) is 5.75 Å². The maximum atomic E-state index is 6.26. The summed E-state index contributed by atoms with van der Waals surface area (Å²) in [4.78, 5) is 0. The van der Waals surface area contributed by atoms with Gasteiger partial charge in [0, 0.05) is 24.3 Å². The zero-order valence-electron chi connectivity index (χ0n) is 12.1. The third kappa shape index (κ3) is 4.37. The van der Waals surface area contributed by atoms with Gasteiger partial charge in [-0.05, 0) is 36.6 Å². The summed E-state index contributed by atoms with van der Waals surface area (Å²) in [5.74, 6) is 0.635. The second-order valence-corrected chi connectivity index (χ2v) is 5.86. The molecule has 1 aromatic carbocycles. The predicted octanol–water partition coefficient (Wildman–Crippen LogP) is 3.59. The molecule has 1 unspecified atom stereocenters. The molecule has 0 saturated carbocycles. The Morgan fingerprint density at radius 3 is 2.76 bits per heavy atom. The second-order valence-electron chi connectivity index (χ2n) is 5.02. The monoisotopic (exact) mass is 327 g/mol. The zero-order valence-corrected chi connectivity index (χ0v) is 13.7. The first-order valence-electron chi connectivity index (χ1n) is 6.84. The molecule has 0 amide bonds. The Hall–Kier alpha value is -1.23. The molecule has 0 saturated heterocycles. The smallest absolute Gasteiger partial charge is 0.141 e. The Balaban J connectivity index is 2.19. The van der Waals surface area contributed by atoms with Gasteiger partial charge in [-0.1, -0.05) is 30.1 Å². The van der Waals surface area contributed by atoms with Gasteiger partial charge in [0.25, 0.3) is 0 Å². The van der Waals surface area contributed by atoms with Gasteiger partial charge in [-0.25, -0.2) is 0 Å². The SMILES string of the molecule is CCC(N)Cc1cc(Cl)cc(Cl)c1OCc1ccn(C)n1. The van der Waals surface area contributed by atoms with Crippen molar-refractivity contribution >= 4 is 23.2 Å². The summed E-state index contributed by atoms with van der Waals surface area (Å²) in [5, 5.41) is 5.36. The molecule has 4 nitrogen and oxygen atoms in total. The molecule has 0 radical (unpaired) electrons. The van der Waals surface area contributed by atoms with Gasteiger partial charge in [0.05, 0.1) is 10.7 Å². The topological polar surface area (TPSA) is 53.1 Å². The summed E-state index contributed by atoms with van der Waals surface area (Å²) >= 11 is 12.3. The van der Waals surface area contributed by atoms with Crippen molar-refractivity contribution in [1.82, 2.24) is 9.78 Å². The van der Waals surface area contributed by atoms with Crippen molar-refractivity contribution < 1.29 is 4.74 Å². The molecule has 0 aliphatic rings. The van der Waals surface area contributed by atoms with E-state index in [-0.39, 0.29) is 6.04 Å². The van der Waals surface area contributed by atoms with Gasteiger partial charge in [-0.15, -0.1) is 0 Å². The predicted molar refractivity (Wildman–Crippen MR) is 86.0 cm³/mol. The van der Waals surface area contributed by atoms with Crippen LogP contribution >= 0.6 is 23.2 Å². The summed E-state index contributed by atoms with van der Waals surface area (Å²) in [7, 11) is 1.87. The maximum absolute atomic E-state index is 6.26. The first-order chi connectivity index (χ1) is 9.99. The minimum absolute atomic E-state index is 0.0525.